The average molecular weight is 236 g/mol. The van der Waals surface area contributed by atoms with Crippen LogP contribution in [0.1, 0.15) is 0 Å². The van der Waals surface area contributed by atoms with Crippen molar-refractivity contribution >= 4 is 16.6 Å². The van der Waals surface area contributed by atoms with E-state index in [9.17, 15) is 5.11 Å². The second-order valence-electron chi connectivity index (χ2n) is 4.20. The van der Waals surface area contributed by atoms with Crippen LogP contribution >= 0.6 is 0 Å². The van der Waals surface area contributed by atoms with E-state index in [4.69, 9.17) is 5.73 Å². The Morgan fingerprint density at radius 2 is 1.67 bits per heavy atom. The zero-order chi connectivity index (χ0) is 12.5. The number of pyridine rings is 1. The van der Waals surface area contributed by atoms with Crippen molar-refractivity contribution in [1.29, 1.82) is 0 Å². The molecule has 0 unspecified atom stereocenters. The van der Waals surface area contributed by atoms with Crippen LogP contribution in [0.3, 0.4) is 0 Å². The summed E-state index contributed by atoms with van der Waals surface area (Å²) in [6.45, 7) is 0. The Labute approximate surface area is 105 Å². The molecule has 0 bridgehead atoms. The Bertz CT molecular complexity index is 705. The van der Waals surface area contributed by atoms with Crippen molar-refractivity contribution in [3.05, 3.63) is 54.6 Å². The molecule has 3 aromatic rings. The Morgan fingerprint density at radius 1 is 0.889 bits per heavy atom. The largest absolute Gasteiger partial charge is 0.508 e. The molecule has 0 aliphatic rings. The fourth-order valence-corrected chi connectivity index (χ4v) is 1.93. The van der Waals surface area contributed by atoms with E-state index >= 15 is 0 Å². The lowest BCUT2D eigenvalue weighted by Crippen LogP contribution is -1.87. The maximum absolute atomic E-state index is 9.41. The number of nitrogens with zero attached hydrogens (tertiary/aromatic N) is 1. The maximum atomic E-state index is 9.41. The third-order valence-electron chi connectivity index (χ3n) is 2.88. The molecule has 3 rings (SSSR count). The van der Waals surface area contributed by atoms with Gasteiger partial charge in [-0.15, -0.1) is 0 Å². The number of anilines is 1. The van der Waals surface area contributed by atoms with Crippen molar-refractivity contribution in [1.82, 2.24) is 4.98 Å². The lowest BCUT2D eigenvalue weighted by Gasteiger charge is -2.04. The second kappa shape index (κ2) is 4.04. The van der Waals surface area contributed by atoms with Crippen molar-refractivity contribution in [3.63, 3.8) is 0 Å². The first-order chi connectivity index (χ1) is 8.72. The van der Waals surface area contributed by atoms with E-state index in [1.807, 2.05) is 42.5 Å². The van der Waals surface area contributed by atoms with Gasteiger partial charge in [0, 0.05) is 16.6 Å². The van der Waals surface area contributed by atoms with E-state index in [1.165, 1.54) is 0 Å². The number of nitrogen functional groups attached to an aromatic ring is 1. The summed E-state index contributed by atoms with van der Waals surface area (Å²) < 4.78 is 0. The Morgan fingerprint density at radius 3 is 2.44 bits per heavy atom. The molecule has 0 spiro atoms. The van der Waals surface area contributed by atoms with Gasteiger partial charge in [0.15, 0.2) is 0 Å². The monoisotopic (exact) mass is 236 g/mol. The first-order valence-electron chi connectivity index (χ1n) is 5.68. The molecule has 0 amide bonds. The molecule has 0 saturated heterocycles. The number of aromatic nitrogens is 1. The number of fused-ring (bicyclic) bond motifs is 1. The number of benzene rings is 2. The van der Waals surface area contributed by atoms with E-state index in [-0.39, 0.29) is 5.75 Å². The van der Waals surface area contributed by atoms with Crippen molar-refractivity contribution in [2.75, 3.05) is 5.73 Å². The average Bonchev–Trinajstić information content (AvgIpc) is 2.39. The van der Waals surface area contributed by atoms with E-state index in [2.05, 4.69) is 4.98 Å². The van der Waals surface area contributed by atoms with Crippen LogP contribution in [0.25, 0.3) is 22.2 Å². The van der Waals surface area contributed by atoms with Gasteiger partial charge in [-0.05, 0) is 36.4 Å². The number of nitrogens with two attached hydrogens (primary N) is 1. The molecule has 0 radical (unpaired) electrons. The van der Waals surface area contributed by atoms with Gasteiger partial charge in [-0.25, -0.2) is 4.98 Å². The Kier molecular flexibility index (Phi) is 2.38. The molecule has 3 nitrogen and oxygen atoms in total. The third kappa shape index (κ3) is 1.86. The molecule has 0 aliphatic heterocycles. The summed E-state index contributed by atoms with van der Waals surface area (Å²) in [5, 5.41) is 10.3. The SMILES string of the molecule is Nc1ccc(-c2ccc3cc(O)ccc3n2)cc1. The van der Waals surface area contributed by atoms with Crippen molar-refractivity contribution in [2.24, 2.45) is 0 Å². The quantitative estimate of drug-likeness (QED) is 0.638. The van der Waals surface area contributed by atoms with E-state index in [0.29, 0.717) is 0 Å². The molecule has 2 aromatic carbocycles. The summed E-state index contributed by atoms with van der Waals surface area (Å²) in [7, 11) is 0. The minimum absolute atomic E-state index is 0.254. The van der Waals surface area contributed by atoms with E-state index < -0.39 is 0 Å². The number of hydrogen-bond donors (Lipinski definition) is 2. The normalized spacial score (nSPS) is 10.7. The smallest absolute Gasteiger partial charge is 0.116 e. The predicted molar refractivity (Wildman–Crippen MR) is 73.3 cm³/mol. The summed E-state index contributed by atoms with van der Waals surface area (Å²) in [6, 6.07) is 16.7. The topological polar surface area (TPSA) is 59.1 Å². The van der Waals surface area contributed by atoms with Crippen LogP contribution in [-0.4, -0.2) is 10.1 Å². The Balaban J connectivity index is 2.13. The zero-order valence-corrected chi connectivity index (χ0v) is 9.67. The molecule has 0 saturated carbocycles. The number of aromatic hydroxyl groups is 1. The fraction of sp³-hybridized carbons (Fsp3) is 0. The number of hydrogen-bond acceptors (Lipinski definition) is 3. The highest BCUT2D eigenvalue weighted by Gasteiger charge is 2.02. The first kappa shape index (κ1) is 10.6. The van der Waals surface area contributed by atoms with Crippen LogP contribution < -0.4 is 5.73 Å². The minimum Gasteiger partial charge on any atom is -0.508 e. The zero-order valence-electron chi connectivity index (χ0n) is 9.67. The molecular weight excluding hydrogens is 224 g/mol. The molecule has 18 heavy (non-hydrogen) atoms. The molecule has 88 valence electrons. The molecule has 0 aliphatic carbocycles. The van der Waals surface area contributed by atoms with Crippen LogP contribution in [0.2, 0.25) is 0 Å². The third-order valence-corrected chi connectivity index (χ3v) is 2.88. The van der Waals surface area contributed by atoms with Crippen LogP contribution in [0.15, 0.2) is 54.6 Å². The van der Waals surface area contributed by atoms with Gasteiger partial charge in [-0.3, -0.25) is 0 Å². The highest BCUT2D eigenvalue weighted by atomic mass is 16.3. The van der Waals surface area contributed by atoms with Crippen LogP contribution in [0.4, 0.5) is 5.69 Å². The van der Waals surface area contributed by atoms with Gasteiger partial charge in [0.1, 0.15) is 5.75 Å². The van der Waals surface area contributed by atoms with Crippen molar-refractivity contribution in [2.45, 2.75) is 0 Å². The standard InChI is InChI=1S/C15H12N2O/c16-12-4-1-10(2-5-12)14-7-3-11-9-13(18)6-8-15(11)17-14/h1-9,18H,16H2. The summed E-state index contributed by atoms with van der Waals surface area (Å²) in [5.74, 6) is 0.254. The predicted octanol–water partition coefficient (Wildman–Crippen LogP) is 3.19. The van der Waals surface area contributed by atoms with Gasteiger partial charge >= 0.3 is 0 Å². The summed E-state index contributed by atoms with van der Waals surface area (Å²) in [5.41, 5.74) is 9.19. The lowest BCUT2D eigenvalue weighted by atomic mass is 10.1. The summed E-state index contributed by atoms with van der Waals surface area (Å²) in [6.07, 6.45) is 0. The summed E-state index contributed by atoms with van der Waals surface area (Å²) >= 11 is 0. The molecule has 1 heterocycles. The van der Waals surface area contributed by atoms with Crippen molar-refractivity contribution in [3.8, 4) is 17.0 Å². The number of phenols is 1. The number of rotatable bonds is 1. The van der Waals surface area contributed by atoms with Crippen LogP contribution in [0, 0.1) is 0 Å². The van der Waals surface area contributed by atoms with Crippen LogP contribution in [-0.2, 0) is 0 Å². The fourth-order valence-electron chi connectivity index (χ4n) is 1.93. The maximum Gasteiger partial charge on any atom is 0.116 e. The molecule has 0 atom stereocenters. The second-order valence-corrected chi connectivity index (χ2v) is 4.20. The molecule has 3 heteroatoms. The van der Waals surface area contributed by atoms with E-state index in [1.54, 1.807) is 12.1 Å². The van der Waals surface area contributed by atoms with Crippen LogP contribution in [0.5, 0.6) is 5.75 Å². The first-order valence-corrected chi connectivity index (χ1v) is 5.68. The lowest BCUT2D eigenvalue weighted by molar-refractivity contribution is 0.476. The van der Waals surface area contributed by atoms with Gasteiger partial charge in [0.25, 0.3) is 0 Å². The molecule has 1 aromatic heterocycles. The number of phenolic OH excluding ortho intramolecular Hbond substituents is 1. The summed E-state index contributed by atoms with van der Waals surface area (Å²) in [4.78, 5) is 4.56. The van der Waals surface area contributed by atoms with Gasteiger partial charge in [0.2, 0.25) is 0 Å². The van der Waals surface area contributed by atoms with Crippen molar-refractivity contribution < 1.29 is 5.11 Å². The van der Waals surface area contributed by atoms with Gasteiger partial charge in [-0.1, -0.05) is 18.2 Å². The Hall–Kier alpha value is -2.55. The van der Waals surface area contributed by atoms with E-state index in [0.717, 1.165) is 27.8 Å². The van der Waals surface area contributed by atoms with Gasteiger partial charge < -0.3 is 10.8 Å². The van der Waals surface area contributed by atoms with Gasteiger partial charge in [-0.2, -0.15) is 0 Å². The molecular formula is C15H12N2O. The highest BCUT2D eigenvalue weighted by Crippen LogP contribution is 2.23. The minimum atomic E-state index is 0.254. The highest BCUT2D eigenvalue weighted by molar-refractivity contribution is 5.82. The van der Waals surface area contributed by atoms with Gasteiger partial charge in [0.05, 0.1) is 11.2 Å². The molecule has 3 N–H and O–H groups in total. The molecule has 0 fully saturated rings.